The van der Waals surface area contributed by atoms with Crippen LogP contribution in [0.25, 0.3) is 0 Å². The lowest BCUT2D eigenvalue weighted by molar-refractivity contribution is 0.311. The first-order valence-corrected chi connectivity index (χ1v) is 8.49. The topological polar surface area (TPSA) is 15.6 Å². The molecule has 20 heavy (non-hydrogen) atoms. The SMILES string of the molecule is CC.CC.CC(C)=N/C(C)=C\CN1CCCC(C)CC1. The van der Waals surface area contributed by atoms with Crippen LogP contribution in [0.2, 0.25) is 0 Å². The van der Waals surface area contributed by atoms with Crippen LogP contribution >= 0.6 is 0 Å². The van der Waals surface area contributed by atoms with Crippen molar-refractivity contribution in [3.05, 3.63) is 11.8 Å². The van der Waals surface area contributed by atoms with Gasteiger partial charge in [-0.05, 0) is 65.1 Å². The lowest BCUT2D eigenvalue weighted by Gasteiger charge is -2.17. The highest BCUT2D eigenvalue weighted by molar-refractivity contribution is 5.80. The summed E-state index contributed by atoms with van der Waals surface area (Å²) in [5, 5.41) is 0. The van der Waals surface area contributed by atoms with E-state index >= 15 is 0 Å². The summed E-state index contributed by atoms with van der Waals surface area (Å²) in [4.78, 5) is 7.00. The minimum absolute atomic E-state index is 0.908. The second kappa shape index (κ2) is 14.8. The number of likely N-dealkylation sites (tertiary alicyclic amines) is 1. The van der Waals surface area contributed by atoms with Gasteiger partial charge in [0.15, 0.2) is 0 Å². The average molecular weight is 283 g/mol. The first-order valence-electron chi connectivity index (χ1n) is 8.49. The summed E-state index contributed by atoms with van der Waals surface area (Å²) in [5.41, 5.74) is 2.29. The number of hydrogen-bond acceptors (Lipinski definition) is 2. The zero-order chi connectivity index (χ0) is 16.0. The number of aliphatic imine (C=N–C) groups is 1. The van der Waals surface area contributed by atoms with E-state index in [1.54, 1.807) is 0 Å². The maximum Gasteiger partial charge on any atom is 0.0344 e. The van der Waals surface area contributed by atoms with Crippen molar-refractivity contribution < 1.29 is 0 Å². The molecule has 1 aliphatic rings. The van der Waals surface area contributed by atoms with E-state index in [9.17, 15) is 0 Å². The van der Waals surface area contributed by atoms with Crippen molar-refractivity contribution in [1.29, 1.82) is 0 Å². The summed E-state index contributed by atoms with van der Waals surface area (Å²) >= 11 is 0. The van der Waals surface area contributed by atoms with E-state index in [4.69, 9.17) is 0 Å². The van der Waals surface area contributed by atoms with E-state index in [0.29, 0.717) is 0 Å². The molecule has 0 spiro atoms. The van der Waals surface area contributed by atoms with Gasteiger partial charge in [-0.25, -0.2) is 0 Å². The van der Waals surface area contributed by atoms with Gasteiger partial charge in [-0.2, -0.15) is 0 Å². The van der Waals surface area contributed by atoms with Crippen molar-refractivity contribution in [1.82, 2.24) is 4.90 Å². The highest BCUT2D eigenvalue weighted by atomic mass is 15.1. The summed E-state index contributed by atoms with van der Waals surface area (Å²) in [6, 6.07) is 0. The van der Waals surface area contributed by atoms with E-state index < -0.39 is 0 Å². The zero-order valence-electron chi connectivity index (χ0n) is 15.3. The van der Waals surface area contributed by atoms with Gasteiger partial charge in [0.2, 0.25) is 0 Å². The van der Waals surface area contributed by atoms with E-state index in [1.165, 1.54) is 32.4 Å². The van der Waals surface area contributed by atoms with Gasteiger partial charge in [0, 0.05) is 18.0 Å². The van der Waals surface area contributed by atoms with Gasteiger partial charge in [-0.15, -0.1) is 0 Å². The van der Waals surface area contributed by atoms with Crippen molar-refractivity contribution in [3.63, 3.8) is 0 Å². The first kappa shape index (κ1) is 21.7. The Hall–Kier alpha value is -0.630. The van der Waals surface area contributed by atoms with Crippen LogP contribution in [0.3, 0.4) is 0 Å². The second-order valence-corrected chi connectivity index (χ2v) is 5.24. The minimum atomic E-state index is 0.908. The molecule has 0 aromatic carbocycles. The molecule has 0 aromatic rings. The van der Waals surface area contributed by atoms with Gasteiger partial charge < -0.3 is 0 Å². The van der Waals surface area contributed by atoms with Crippen molar-refractivity contribution >= 4 is 5.71 Å². The summed E-state index contributed by atoms with van der Waals surface area (Å²) in [6.45, 7) is 20.1. The normalized spacial score (nSPS) is 19.8. The van der Waals surface area contributed by atoms with Crippen LogP contribution in [-0.2, 0) is 0 Å². The molecule has 0 aliphatic carbocycles. The summed E-state index contributed by atoms with van der Waals surface area (Å²) < 4.78 is 0. The molecular formula is C18H38N2. The van der Waals surface area contributed by atoms with Crippen molar-refractivity contribution in [2.24, 2.45) is 10.9 Å². The van der Waals surface area contributed by atoms with E-state index in [2.05, 4.69) is 29.8 Å². The van der Waals surface area contributed by atoms with Crippen LogP contribution in [0, 0.1) is 5.92 Å². The van der Waals surface area contributed by atoms with Gasteiger partial charge in [-0.3, -0.25) is 9.89 Å². The molecule has 0 aromatic heterocycles. The second-order valence-electron chi connectivity index (χ2n) is 5.24. The third-order valence-corrected chi connectivity index (χ3v) is 3.15. The number of nitrogens with zero attached hydrogens (tertiary/aromatic N) is 2. The fraction of sp³-hybridized carbons (Fsp3) is 0.833. The molecular weight excluding hydrogens is 244 g/mol. The van der Waals surface area contributed by atoms with Crippen LogP contribution < -0.4 is 0 Å². The molecule has 0 N–H and O–H groups in total. The number of allylic oxidation sites excluding steroid dienone is 1. The Bertz CT molecular complexity index is 263. The molecule has 1 fully saturated rings. The molecule has 1 unspecified atom stereocenters. The summed E-state index contributed by atoms with van der Waals surface area (Å²) in [7, 11) is 0. The van der Waals surface area contributed by atoms with Crippen molar-refractivity contribution in [2.75, 3.05) is 19.6 Å². The molecule has 1 heterocycles. The van der Waals surface area contributed by atoms with E-state index in [-0.39, 0.29) is 0 Å². The monoisotopic (exact) mass is 282 g/mol. The third-order valence-electron chi connectivity index (χ3n) is 3.15. The van der Waals surface area contributed by atoms with Crippen LogP contribution in [0.4, 0.5) is 0 Å². The Labute approximate surface area is 128 Å². The average Bonchev–Trinajstić information content (AvgIpc) is 2.65. The van der Waals surface area contributed by atoms with Gasteiger partial charge in [0.25, 0.3) is 0 Å². The van der Waals surface area contributed by atoms with Gasteiger partial charge in [-0.1, -0.05) is 34.6 Å². The maximum atomic E-state index is 4.45. The maximum absolute atomic E-state index is 4.45. The van der Waals surface area contributed by atoms with Crippen LogP contribution in [0.1, 0.15) is 74.7 Å². The van der Waals surface area contributed by atoms with Crippen molar-refractivity contribution in [2.45, 2.75) is 74.7 Å². The molecule has 1 aliphatic heterocycles. The Morgan fingerprint density at radius 1 is 1.05 bits per heavy atom. The van der Waals surface area contributed by atoms with E-state index in [0.717, 1.165) is 23.9 Å². The quantitative estimate of drug-likeness (QED) is 0.620. The highest BCUT2D eigenvalue weighted by Crippen LogP contribution is 2.16. The summed E-state index contributed by atoms with van der Waals surface area (Å²) in [6.07, 6.45) is 6.35. The molecule has 120 valence electrons. The van der Waals surface area contributed by atoms with E-state index in [1.807, 2.05) is 41.5 Å². The third kappa shape index (κ3) is 12.4. The Morgan fingerprint density at radius 2 is 1.65 bits per heavy atom. The van der Waals surface area contributed by atoms with Crippen LogP contribution in [0.15, 0.2) is 16.8 Å². The standard InChI is InChI=1S/C14H26N2.2C2H6/c1-12(2)15-14(4)8-11-16-9-5-6-13(3)7-10-16;2*1-2/h8,13H,5-7,9-11H2,1-4H3;2*1-2H3/b14-8-;;. The zero-order valence-corrected chi connectivity index (χ0v) is 15.3. The highest BCUT2D eigenvalue weighted by Gasteiger charge is 2.12. The van der Waals surface area contributed by atoms with Gasteiger partial charge >= 0.3 is 0 Å². The predicted octanol–water partition coefficient (Wildman–Crippen LogP) is 5.55. The van der Waals surface area contributed by atoms with Gasteiger partial charge in [0.1, 0.15) is 0 Å². The lowest BCUT2D eigenvalue weighted by Crippen LogP contribution is -2.25. The van der Waals surface area contributed by atoms with Crippen LogP contribution in [-0.4, -0.2) is 30.2 Å². The van der Waals surface area contributed by atoms with Crippen LogP contribution in [0.5, 0.6) is 0 Å². The molecule has 0 saturated carbocycles. The molecule has 1 rings (SSSR count). The molecule has 2 nitrogen and oxygen atoms in total. The Balaban J connectivity index is 0. The largest absolute Gasteiger partial charge is 0.300 e. The minimum Gasteiger partial charge on any atom is -0.300 e. The molecule has 0 bridgehead atoms. The molecule has 1 saturated heterocycles. The smallest absolute Gasteiger partial charge is 0.0344 e. The summed E-state index contributed by atoms with van der Waals surface area (Å²) in [5.74, 6) is 0.908. The fourth-order valence-electron chi connectivity index (χ4n) is 2.16. The molecule has 2 heteroatoms. The fourth-order valence-corrected chi connectivity index (χ4v) is 2.16. The molecule has 0 amide bonds. The Morgan fingerprint density at radius 3 is 2.20 bits per heavy atom. The predicted molar refractivity (Wildman–Crippen MR) is 94.7 cm³/mol. The lowest BCUT2D eigenvalue weighted by atomic mass is 10.0. The molecule has 1 atom stereocenters. The molecule has 0 radical (unpaired) electrons. The first-order chi connectivity index (χ1) is 9.58. The van der Waals surface area contributed by atoms with Crippen molar-refractivity contribution in [3.8, 4) is 0 Å². The Kier molecular flexibility index (Phi) is 16.0. The number of rotatable bonds is 3. The number of hydrogen-bond donors (Lipinski definition) is 0. The van der Waals surface area contributed by atoms with Gasteiger partial charge in [0.05, 0.1) is 0 Å².